The fourth-order valence-corrected chi connectivity index (χ4v) is 2.66. The molecule has 0 fully saturated rings. The number of ether oxygens (including phenoxy) is 1. The molecule has 5 heteroatoms. The number of carbonyl (C=O) groups excluding carboxylic acids is 2. The first-order valence-electron chi connectivity index (χ1n) is 9.33. The van der Waals surface area contributed by atoms with E-state index in [1.54, 1.807) is 24.3 Å². The molecule has 0 saturated heterocycles. The predicted molar refractivity (Wildman–Crippen MR) is 108 cm³/mol. The van der Waals surface area contributed by atoms with Gasteiger partial charge in [0.05, 0.1) is 0 Å². The molecule has 0 spiro atoms. The van der Waals surface area contributed by atoms with Gasteiger partial charge in [0.2, 0.25) is 0 Å². The second-order valence-corrected chi connectivity index (χ2v) is 6.89. The molecule has 0 aliphatic rings. The van der Waals surface area contributed by atoms with E-state index in [9.17, 15) is 9.59 Å². The van der Waals surface area contributed by atoms with Crippen LogP contribution in [0.2, 0.25) is 0 Å². The van der Waals surface area contributed by atoms with Gasteiger partial charge in [0, 0.05) is 17.3 Å². The minimum atomic E-state index is -0.268. The van der Waals surface area contributed by atoms with Crippen LogP contribution in [0.25, 0.3) is 0 Å². The lowest BCUT2D eigenvalue weighted by Gasteiger charge is -2.15. The van der Waals surface area contributed by atoms with Gasteiger partial charge in [-0.3, -0.25) is 9.59 Å². The molecule has 1 atom stereocenters. The summed E-state index contributed by atoms with van der Waals surface area (Å²) in [5.41, 5.74) is 2.17. The van der Waals surface area contributed by atoms with E-state index in [0.29, 0.717) is 17.2 Å². The summed E-state index contributed by atoms with van der Waals surface area (Å²) in [7, 11) is 0. The minimum Gasteiger partial charge on any atom is -0.483 e. The Morgan fingerprint density at radius 3 is 2.48 bits per heavy atom. The first-order valence-corrected chi connectivity index (χ1v) is 9.33. The van der Waals surface area contributed by atoms with Gasteiger partial charge in [0.1, 0.15) is 5.75 Å². The van der Waals surface area contributed by atoms with Crippen molar-refractivity contribution in [3.63, 3.8) is 0 Å². The molecule has 0 saturated carbocycles. The van der Waals surface area contributed by atoms with E-state index in [1.807, 2.05) is 38.1 Å². The van der Waals surface area contributed by atoms with Gasteiger partial charge in [-0.2, -0.15) is 0 Å². The average molecular weight is 368 g/mol. The van der Waals surface area contributed by atoms with E-state index in [4.69, 9.17) is 4.74 Å². The van der Waals surface area contributed by atoms with Crippen molar-refractivity contribution in [2.24, 2.45) is 0 Å². The maximum absolute atomic E-state index is 12.3. The number of nitrogens with one attached hydrogen (secondary N) is 2. The molecule has 144 valence electrons. The SMILES string of the molecule is CCC(C)c1ccccc1OCC(=O)Nc1cccc(C(=O)NC(C)C)c1. The third-order valence-corrected chi connectivity index (χ3v) is 4.25. The van der Waals surface area contributed by atoms with Crippen LogP contribution in [0.4, 0.5) is 5.69 Å². The lowest BCUT2D eigenvalue weighted by atomic mass is 9.98. The number of hydrogen-bond acceptors (Lipinski definition) is 3. The van der Waals surface area contributed by atoms with E-state index in [0.717, 1.165) is 17.7 Å². The topological polar surface area (TPSA) is 67.4 Å². The number of benzene rings is 2. The van der Waals surface area contributed by atoms with Gasteiger partial charge >= 0.3 is 0 Å². The molecule has 2 N–H and O–H groups in total. The van der Waals surface area contributed by atoms with E-state index >= 15 is 0 Å². The van der Waals surface area contributed by atoms with Crippen LogP contribution in [-0.2, 0) is 4.79 Å². The number of rotatable bonds is 8. The van der Waals surface area contributed by atoms with E-state index in [1.165, 1.54) is 0 Å². The molecule has 0 heterocycles. The van der Waals surface area contributed by atoms with Gasteiger partial charge in [-0.15, -0.1) is 0 Å². The number of hydrogen-bond donors (Lipinski definition) is 2. The number of carbonyl (C=O) groups is 2. The smallest absolute Gasteiger partial charge is 0.262 e. The quantitative estimate of drug-likeness (QED) is 0.728. The molecule has 0 aliphatic carbocycles. The first-order chi connectivity index (χ1) is 12.9. The van der Waals surface area contributed by atoms with Crippen LogP contribution in [-0.4, -0.2) is 24.5 Å². The van der Waals surface area contributed by atoms with Crippen LogP contribution in [0.1, 0.15) is 56.0 Å². The second-order valence-electron chi connectivity index (χ2n) is 6.89. The summed E-state index contributed by atoms with van der Waals surface area (Å²) < 4.78 is 5.73. The van der Waals surface area contributed by atoms with Crippen LogP contribution in [0.3, 0.4) is 0 Å². The zero-order valence-electron chi connectivity index (χ0n) is 16.4. The van der Waals surface area contributed by atoms with E-state index in [2.05, 4.69) is 24.5 Å². The summed E-state index contributed by atoms with van der Waals surface area (Å²) in [6, 6.07) is 14.7. The van der Waals surface area contributed by atoms with Gasteiger partial charge in [0.25, 0.3) is 11.8 Å². The van der Waals surface area contributed by atoms with Gasteiger partial charge in [-0.25, -0.2) is 0 Å². The summed E-state index contributed by atoms with van der Waals surface area (Å²) in [5, 5.41) is 5.61. The van der Waals surface area contributed by atoms with Crippen molar-refractivity contribution < 1.29 is 14.3 Å². The Hall–Kier alpha value is -2.82. The molecule has 0 aromatic heterocycles. The molecule has 27 heavy (non-hydrogen) atoms. The van der Waals surface area contributed by atoms with Crippen LogP contribution in [0.5, 0.6) is 5.75 Å². The number of para-hydroxylation sites is 1. The van der Waals surface area contributed by atoms with Crippen LogP contribution in [0.15, 0.2) is 48.5 Å². The molecule has 5 nitrogen and oxygen atoms in total. The third-order valence-electron chi connectivity index (χ3n) is 4.25. The average Bonchev–Trinajstić information content (AvgIpc) is 2.65. The highest BCUT2D eigenvalue weighted by Crippen LogP contribution is 2.28. The Kier molecular flexibility index (Phi) is 7.41. The first kappa shape index (κ1) is 20.5. The lowest BCUT2D eigenvalue weighted by molar-refractivity contribution is -0.118. The zero-order valence-corrected chi connectivity index (χ0v) is 16.4. The molecule has 0 bridgehead atoms. The number of anilines is 1. The minimum absolute atomic E-state index is 0.0507. The Morgan fingerprint density at radius 2 is 1.78 bits per heavy atom. The van der Waals surface area contributed by atoms with Crippen molar-refractivity contribution in [1.82, 2.24) is 5.32 Å². The van der Waals surface area contributed by atoms with Crippen molar-refractivity contribution in [2.75, 3.05) is 11.9 Å². The Balaban J connectivity index is 1.98. The van der Waals surface area contributed by atoms with Crippen molar-refractivity contribution in [1.29, 1.82) is 0 Å². The lowest BCUT2D eigenvalue weighted by Crippen LogP contribution is -2.30. The molecule has 1 unspecified atom stereocenters. The molecule has 0 radical (unpaired) electrons. The molecule has 2 rings (SSSR count). The normalized spacial score (nSPS) is 11.7. The maximum Gasteiger partial charge on any atom is 0.262 e. The largest absolute Gasteiger partial charge is 0.483 e. The molecule has 2 amide bonds. The monoisotopic (exact) mass is 368 g/mol. The maximum atomic E-state index is 12.3. The van der Waals surface area contributed by atoms with Gasteiger partial charge in [-0.05, 0) is 56.0 Å². The summed E-state index contributed by atoms with van der Waals surface area (Å²) in [6.45, 7) is 7.97. The van der Waals surface area contributed by atoms with Gasteiger partial charge in [0.15, 0.2) is 6.61 Å². The Labute approximate surface area is 161 Å². The highest BCUT2D eigenvalue weighted by molar-refractivity contribution is 5.97. The van der Waals surface area contributed by atoms with Gasteiger partial charge in [-0.1, -0.05) is 38.1 Å². The summed E-state index contributed by atoms with van der Waals surface area (Å²) in [6.07, 6.45) is 0.998. The third kappa shape index (κ3) is 6.13. The van der Waals surface area contributed by atoms with Crippen molar-refractivity contribution in [2.45, 2.75) is 46.1 Å². The van der Waals surface area contributed by atoms with Crippen LogP contribution in [0, 0.1) is 0 Å². The molecule has 2 aromatic carbocycles. The zero-order chi connectivity index (χ0) is 19.8. The molecule has 0 aliphatic heterocycles. The van der Waals surface area contributed by atoms with E-state index < -0.39 is 0 Å². The molecular weight excluding hydrogens is 340 g/mol. The van der Waals surface area contributed by atoms with Gasteiger partial charge < -0.3 is 15.4 Å². The summed E-state index contributed by atoms with van der Waals surface area (Å²) in [5.74, 6) is 0.655. The van der Waals surface area contributed by atoms with Crippen molar-refractivity contribution in [3.8, 4) is 5.75 Å². The predicted octanol–water partition coefficient (Wildman–Crippen LogP) is 4.36. The highest BCUT2D eigenvalue weighted by atomic mass is 16.5. The highest BCUT2D eigenvalue weighted by Gasteiger charge is 2.12. The van der Waals surface area contributed by atoms with Crippen molar-refractivity contribution >= 4 is 17.5 Å². The summed E-state index contributed by atoms with van der Waals surface area (Å²) in [4.78, 5) is 24.3. The standard InChI is InChI=1S/C22H28N2O3/c1-5-16(4)19-11-6-7-12-20(19)27-14-21(25)24-18-10-8-9-17(13-18)22(26)23-15(2)3/h6-13,15-16H,5,14H2,1-4H3,(H,23,26)(H,24,25). The Morgan fingerprint density at radius 1 is 1.04 bits per heavy atom. The second kappa shape index (κ2) is 9.76. The van der Waals surface area contributed by atoms with E-state index in [-0.39, 0.29) is 24.5 Å². The number of amides is 2. The van der Waals surface area contributed by atoms with Crippen LogP contribution < -0.4 is 15.4 Å². The Bertz CT molecular complexity index is 787. The fraction of sp³-hybridized carbons (Fsp3) is 0.364. The fourth-order valence-electron chi connectivity index (χ4n) is 2.66. The molecule has 2 aromatic rings. The van der Waals surface area contributed by atoms with Crippen molar-refractivity contribution in [3.05, 3.63) is 59.7 Å². The molecular formula is C22H28N2O3. The van der Waals surface area contributed by atoms with Crippen LogP contribution >= 0.6 is 0 Å². The summed E-state index contributed by atoms with van der Waals surface area (Å²) >= 11 is 0.